The molecule has 0 bridgehead atoms. The molecule has 1 amide bonds. The van der Waals surface area contributed by atoms with E-state index in [9.17, 15) is 35.9 Å². The number of halogens is 7. The third-order valence-electron chi connectivity index (χ3n) is 9.48. The van der Waals surface area contributed by atoms with Gasteiger partial charge in [-0.05, 0) is 38.1 Å². The second-order valence-corrected chi connectivity index (χ2v) is 13.8. The zero-order chi connectivity index (χ0) is 35.4. The minimum Gasteiger partial charge on any atom is -0.349 e. The summed E-state index contributed by atoms with van der Waals surface area (Å²) in [5.41, 5.74) is -2.66. The van der Waals surface area contributed by atoms with Gasteiger partial charge in [0.2, 0.25) is 5.91 Å². The highest BCUT2D eigenvalue weighted by Gasteiger charge is 2.41. The normalized spacial score (nSPS) is 22.3. The van der Waals surface area contributed by atoms with Crippen LogP contribution in [0.3, 0.4) is 0 Å². The highest BCUT2D eigenvalue weighted by Crippen LogP contribution is 2.50. The molecule has 49 heavy (non-hydrogen) atoms. The summed E-state index contributed by atoms with van der Waals surface area (Å²) in [6, 6.07) is 1.86. The summed E-state index contributed by atoms with van der Waals surface area (Å²) in [5.74, 6) is -2.28. The Morgan fingerprint density at radius 1 is 1.06 bits per heavy atom. The quantitative estimate of drug-likeness (QED) is 0.237. The number of carbonyl (C=O) groups is 1. The number of hydrogen-bond acceptors (Lipinski definition) is 7. The van der Waals surface area contributed by atoms with Crippen molar-refractivity contribution in [3.63, 3.8) is 0 Å². The number of carbonyl (C=O) groups excluding carboxylic acids is 1. The molecule has 4 heterocycles. The van der Waals surface area contributed by atoms with Crippen LogP contribution in [0.4, 0.5) is 36.6 Å². The average Bonchev–Trinajstić information content (AvgIpc) is 3.03. The number of amides is 1. The number of hydrogen-bond donors (Lipinski definition) is 0. The smallest absolute Gasteiger partial charge is 0.349 e. The van der Waals surface area contributed by atoms with E-state index in [4.69, 9.17) is 0 Å². The molecule has 6 rings (SSSR count). The number of anilines is 1. The predicted molar refractivity (Wildman–Crippen MR) is 173 cm³/mol. The van der Waals surface area contributed by atoms with Gasteiger partial charge in [0, 0.05) is 91.1 Å². The van der Waals surface area contributed by atoms with Crippen LogP contribution in [0.15, 0.2) is 46.6 Å². The van der Waals surface area contributed by atoms with Gasteiger partial charge in [0.1, 0.15) is 17.5 Å². The zero-order valence-electron chi connectivity index (χ0n) is 26.8. The molecule has 2 saturated heterocycles. The summed E-state index contributed by atoms with van der Waals surface area (Å²) in [6.45, 7) is 9.11. The first-order valence-corrected chi connectivity index (χ1v) is 16.9. The highest BCUT2D eigenvalue weighted by atomic mass is 32.2. The number of thioether (sulfide) groups is 1. The van der Waals surface area contributed by atoms with Crippen molar-refractivity contribution >= 4 is 34.4 Å². The Morgan fingerprint density at radius 3 is 2.39 bits per heavy atom. The Hall–Kier alpha value is -3.63. The van der Waals surface area contributed by atoms with E-state index in [1.165, 1.54) is 10.6 Å². The molecule has 0 spiro atoms. The number of nitrogens with zero attached hydrogens (tertiary/aromatic N) is 6. The molecule has 2 fully saturated rings. The van der Waals surface area contributed by atoms with Crippen molar-refractivity contribution in [2.75, 3.05) is 63.0 Å². The van der Waals surface area contributed by atoms with Gasteiger partial charge in [0.15, 0.2) is 0 Å². The van der Waals surface area contributed by atoms with Crippen LogP contribution in [0.2, 0.25) is 0 Å². The van der Waals surface area contributed by atoms with Gasteiger partial charge in [0.25, 0.3) is 6.43 Å². The molecule has 3 aromatic rings. The van der Waals surface area contributed by atoms with Crippen LogP contribution < -0.4 is 10.6 Å². The SMILES string of the molecule is C=CC(=O)N1C[C@H](C)N(c2nc(=O)n3c4c(c(-c5ccc(F)cc5F)c(C(F)(F)F)cc24)SC[C@@H]3CN2CCN(CC(F)F)CC2)C[C@H]1C. The van der Waals surface area contributed by atoms with Gasteiger partial charge in [-0.25, -0.2) is 22.4 Å². The molecule has 1 aromatic heterocycles. The van der Waals surface area contributed by atoms with Crippen molar-refractivity contribution < 1.29 is 35.5 Å². The number of alkyl halides is 5. The first-order valence-electron chi connectivity index (χ1n) is 15.9. The maximum absolute atomic E-state index is 15.3. The average molecular weight is 713 g/mol. The van der Waals surface area contributed by atoms with Gasteiger partial charge in [-0.3, -0.25) is 19.2 Å². The number of aromatic nitrogens is 2. The Morgan fingerprint density at radius 2 is 1.76 bits per heavy atom. The molecule has 8 nitrogen and oxygen atoms in total. The molecular formula is C33H35F7N6O2S. The molecule has 3 aliphatic heterocycles. The van der Waals surface area contributed by atoms with E-state index in [-0.39, 0.29) is 52.9 Å². The minimum absolute atomic E-state index is 0.0149. The maximum atomic E-state index is 15.3. The summed E-state index contributed by atoms with van der Waals surface area (Å²) < 4.78 is 101. The molecule has 0 N–H and O–H groups in total. The second kappa shape index (κ2) is 13.6. The van der Waals surface area contributed by atoms with Gasteiger partial charge < -0.3 is 9.80 Å². The predicted octanol–water partition coefficient (Wildman–Crippen LogP) is 5.50. The lowest BCUT2D eigenvalue weighted by Gasteiger charge is -2.45. The van der Waals surface area contributed by atoms with Crippen molar-refractivity contribution in [2.45, 2.75) is 49.5 Å². The third-order valence-corrected chi connectivity index (χ3v) is 10.7. The van der Waals surface area contributed by atoms with Crippen LogP contribution in [-0.2, 0) is 11.0 Å². The van der Waals surface area contributed by atoms with Crippen LogP contribution in [0, 0.1) is 11.6 Å². The lowest BCUT2D eigenvalue weighted by molar-refractivity contribution is -0.137. The van der Waals surface area contributed by atoms with E-state index in [0.717, 1.165) is 30.0 Å². The Kier molecular flexibility index (Phi) is 9.76. The molecular weight excluding hydrogens is 677 g/mol. The fourth-order valence-electron chi connectivity index (χ4n) is 7.12. The van der Waals surface area contributed by atoms with E-state index < -0.39 is 64.7 Å². The Bertz CT molecular complexity index is 1830. The molecule has 0 saturated carbocycles. The lowest BCUT2D eigenvalue weighted by atomic mass is 9.95. The fraction of sp³-hybridized carbons (Fsp3) is 0.485. The first kappa shape index (κ1) is 35.2. The monoisotopic (exact) mass is 712 g/mol. The summed E-state index contributed by atoms with van der Waals surface area (Å²) >= 11 is 1.06. The van der Waals surface area contributed by atoms with Crippen LogP contribution in [0.25, 0.3) is 22.0 Å². The van der Waals surface area contributed by atoms with E-state index in [1.807, 2.05) is 4.90 Å². The van der Waals surface area contributed by atoms with Crippen LogP contribution >= 0.6 is 11.8 Å². The van der Waals surface area contributed by atoms with E-state index in [2.05, 4.69) is 11.6 Å². The highest BCUT2D eigenvalue weighted by molar-refractivity contribution is 7.99. The largest absolute Gasteiger partial charge is 0.417 e. The van der Waals surface area contributed by atoms with Crippen molar-refractivity contribution in [2.24, 2.45) is 0 Å². The second-order valence-electron chi connectivity index (χ2n) is 12.7. The lowest BCUT2D eigenvalue weighted by Crippen LogP contribution is -2.58. The van der Waals surface area contributed by atoms with Crippen molar-refractivity contribution in [3.8, 4) is 11.1 Å². The van der Waals surface area contributed by atoms with E-state index in [1.54, 1.807) is 28.5 Å². The van der Waals surface area contributed by atoms with Gasteiger partial charge in [-0.15, -0.1) is 11.8 Å². The molecule has 0 radical (unpaired) electrons. The molecule has 16 heteroatoms. The van der Waals surface area contributed by atoms with E-state index >= 15 is 4.39 Å². The van der Waals surface area contributed by atoms with Crippen LogP contribution in [0.1, 0.15) is 25.5 Å². The summed E-state index contributed by atoms with van der Waals surface area (Å²) in [7, 11) is 0. The van der Waals surface area contributed by atoms with Gasteiger partial charge in [-0.1, -0.05) is 6.58 Å². The standard InChI is InChI=1S/C33H35F7N6O2S/c1-4-27(47)44-13-19(3)45(14-18(44)2)31-23-12-24(33(38,39)40)28(22-6-5-20(34)11-25(22)35)30-29(23)46(32(48)41-31)21(17-49-30)15-42-7-9-43(10-8-42)16-26(36)37/h4-6,11-12,18-19,21,26H,1,7-10,13-17H2,2-3H3/t18-,19+,21+/m1/s1. The van der Waals surface area contributed by atoms with Gasteiger partial charge >= 0.3 is 11.9 Å². The van der Waals surface area contributed by atoms with Crippen LogP contribution in [-0.4, -0.2) is 107 Å². The van der Waals surface area contributed by atoms with Crippen molar-refractivity contribution in [1.29, 1.82) is 0 Å². The molecule has 3 atom stereocenters. The number of rotatable bonds is 7. The van der Waals surface area contributed by atoms with Crippen LogP contribution in [0.5, 0.6) is 0 Å². The Balaban J connectivity index is 1.53. The first-order chi connectivity index (χ1) is 23.2. The molecule has 0 unspecified atom stereocenters. The molecule has 3 aliphatic rings. The fourth-order valence-corrected chi connectivity index (χ4v) is 8.44. The zero-order valence-corrected chi connectivity index (χ0v) is 27.6. The summed E-state index contributed by atoms with van der Waals surface area (Å²) in [4.78, 5) is 38.0. The molecule has 264 valence electrons. The summed E-state index contributed by atoms with van der Waals surface area (Å²) in [5, 5.41) is 0.0368. The number of piperazine rings is 2. The third kappa shape index (κ3) is 6.78. The maximum Gasteiger partial charge on any atom is 0.417 e. The topological polar surface area (TPSA) is 64.9 Å². The molecule has 2 aromatic carbocycles. The van der Waals surface area contributed by atoms with Crippen molar-refractivity contribution in [3.05, 3.63) is 64.6 Å². The van der Waals surface area contributed by atoms with Gasteiger partial charge in [-0.2, -0.15) is 18.2 Å². The number of benzene rings is 2. The molecule has 0 aliphatic carbocycles. The Labute approximate surface area is 282 Å². The van der Waals surface area contributed by atoms with Crippen molar-refractivity contribution in [1.82, 2.24) is 24.3 Å². The van der Waals surface area contributed by atoms with Gasteiger partial charge in [0.05, 0.1) is 23.7 Å². The minimum atomic E-state index is -4.97. The van der Waals surface area contributed by atoms with E-state index in [0.29, 0.717) is 38.8 Å². The summed E-state index contributed by atoms with van der Waals surface area (Å²) in [6.07, 6.45) is -6.25.